The predicted molar refractivity (Wildman–Crippen MR) is 255 cm³/mol. The van der Waals surface area contributed by atoms with Crippen molar-refractivity contribution in [2.45, 2.75) is 190 Å². The molecule has 11 rings (SSSR count). The zero-order valence-corrected chi connectivity index (χ0v) is 42.2. The molecular formula is C58H74O9. The molecule has 0 saturated heterocycles. The summed E-state index contributed by atoms with van der Waals surface area (Å²) in [6, 6.07) is 1.88. The first kappa shape index (κ1) is 45.5. The molecule has 6 saturated carbocycles. The molecule has 0 spiro atoms. The zero-order chi connectivity index (χ0) is 48.5. The van der Waals surface area contributed by atoms with Crippen LogP contribution in [0.15, 0.2) is 52.7 Å². The number of hydrogen-bond acceptors (Lipinski definition) is 7. The van der Waals surface area contributed by atoms with Gasteiger partial charge in [0.2, 0.25) is 11.4 Å². The average molecular weight is 915 g/mol. The number of ketones is 2. The third-order valence-corrected chi connectivity index (χ3v) is 23.9. The van der Waals surface area contributed by atoms with Gasteiger partial charge in [0.05, 0.1) is 10.8 Å². The minimum Gasteiger partial charge on any atom is -0.481 e. The molecule has 0 radical (unpaired) electrons. The van der Waals surface area contributed by atoms with Gasteiger partial charge in [-0.3, -0.25) is 19.2 Å². The Morgan fingerprint density at radius 1 is 0.597 bits per heavy atom. The van der Waals surface area contributed by atoms with E-state index in [0.717, 1.165) is 80.9 Å². The third kappa shape index (κ3) is 5.07. The van der Waals surface area contributed by atoms with E-state index in [1.165, 1.54) is 5.57 Å². The van der Waals surface area contributed by atoms with E-state index in [1.807, 2.05) is 39.0 Å². The first-order valence-corrected chi connectivity index (χ1v) is 25.6. The van der Waals surface area contributed by atoms with Crippen LogP contribution in [-0.2, 0) is 19.8 Å². The molecule has 67 heavy (non-hydrogen) atoms. The second kappa shape index (κ2) is 12.9. The fourth-order valence-corrected chi connectivity index (χ4v) is 18.4. The van der Waals surface area contributed by atoms with Crippen molar-refractivity contribution in [3.05, 3.63) is 69.4 Å². The molecular weight excluding hydrogens is 841 g/mol. The molecule has 3 N–H and O–H groups in total. The molecule has 9 heteroatoms. The van der Waals surface area contributed by atoms with Gasteiger partial charge < -0.3 is 24.8 Å². The van der Waals surface area contributed by atoms with Crippen LogP contribution < -0.4 is 9.47 Å². The van der Waals surface area contributed by atoms with Crippen molar-refractivity contribution < 1.29 is 44.0 Å². The smallest absolute Gasteiger partial charge is 0.317 e. The number of fused-ring (bicyclic) bond motifs is 17. The van der Waals surface area contributed by atoms with E-state index in [2.05, 4.69) is 61.5 Å². The standard InChI is InChI=1S/C58H74O9/c1-32-43-35(52(7)22-26-56(11)41-31-50(5,46(63)64)18-16-48(41,3)20-24-54(56,9)39(52)29-36(43)59)27-37-44(32)67-57(12)33-13-14-38-51(6,34(33)28-42(60)58(57,65)66-37)21-25-55(10)40-30-49(4,45(61)62)17-15-47(40,2)19-23-53(38,55)8/h13-14,27-29,40-41,65H,15-26,30-31H2,1-12H3,(H,61,62)(H,63,64)/t40?,41?,47-,48-,49-,50-,51+,52+,53-,54-,55+,56+,57-,58+/m1/s1. The molecule has 1 heterocycles. The highest BCUT2D eigenvalue weighted by molar-refractivity contribution is 6.10. The maximum absolute atomic E-state index is 14.9. The van der Waals surface area contributed by atoms with Gasteiger partial charge in [-0.15, -0.1) is 0 Å². The van der Waals surface area contributed by atoms with Crippen molar-refractivity contribution in [2.75, 3.05) is 0 Å². The number of carbonyl (C=O) groups is 4. The Kier molecular flexibility index (Phi) is 8.72. The van der Waals surface area contributed by atoms with Gasteiger partial charge in [-0.25, -0.2) is 0 Å². The van der Waals surface area contributed by atoms with E-state index < -0.39 is 50.8 Å². The average Bonchev–Trinajstić information content (AvgIpc) is 3.25. The van der Waals surface area contributed by atoms with Crippen molar-refractivity contribution in [3.63, 3.8) is 0 Å². The highest BCUT2D eigenvalue weighted by atomic mass is 16.7. The minimum absolute atomic E-state index is 0.0229. The molecule has 10 aliphatic rings. The lowest BCUT2D eigenvalue weighted by Gasteiger charge is -2.70. The van der Waals surface area contributed by atoms with Crippen molar-refractivity contribution in [2.24, 2.45) is 60.6 Å². The number of carboxylic acid groups (broad SMARTS) is 2. The van der Waals surface area contributed by atoms with E-state index in [4.69, 9.17) is 9.47 Å². The number of aliphatic hydroxyl groups is 1. The summed E-state index contributed by atoms with van der Waals surface area (Å²) >= 11 is 0. The topological polar surface area (TPSA) is 147 Å². The summed E-state index contributed by atoms with van der Waals surface area (Å²) in [7, 11) is 0. The van der Waals surface area contributed by atoms with Gasteiger partial charge in [-0.05, 0) is 197 Å². The van der Waals surface area contributed by atoms with Gasteiger partial charge in [-0.2, -0.15) is 0 Å². The summed E-state index contributed by atoms with van der Waals surface area (Å²) in [5, 5.41) is 33.7. The molecule has 0 aromatic heterocycles. The largest absolute Gasteiger partial charge is 0.481 e. The van der Waals surface area contributed by atoms with Gasteiger partial charge in [0.15, 0.2) is 17.3 Å². The van der Waals surface area contributed by atoms with Gasteiger partial charge >= 0.3 is 17.7 Å². The molecule has 360 valence electrons. The van der Waals surface area contributed by atoms with Crippen molar-refractivity contribution in [3.8, 4) is 11.5 Å². The lowest BCUT2D eigenvalue weighted by molar-refractivity contribution is -0.231. The van der Waals surface area contributed by atoms with Crippen LogP contribution in [0.2, 0.25) is 0 Å². The van der Waals surface area contributed by atoms with Crippen LogP contribution in [0.5, 0.6) is 11.5 Å². The first-order chi connectivity index (χ1) is 30.9. The molecule has 2 unspecified atom stereocenters. The number of ether oxygens (including phenoxy) is 2. The molecule has 1 aliphatic heterocycles. The zero-order valence-electron chi connectivity index (χ0n) is 42.2. The van der Waals surface area contributed by atoms with Gasteiger partial charge in [0.25, 0.3) is 0 Å². The highest BCUT2D eigenvalue weighted by Crippen LogP contribution is 2.78. The van der Waals surface area contributed by atoms with Gasteiger partial charge in [0.1, 0.15) is 0 Å². The Bertz CT molecular complexity index is 2690. The van der Waals surface area contributed by atoms with E-state index >= 15 is 0 Å². The van der Waals surface area contributed by atoms with Crippen molar-refractivity contribution in [1.82, 2.24) is 0 Å². The molecule has 0 amide bonds. The molecule has 0 bridgehead atoms. The maximum atomic E-state index is 14.9. The summed E-state index contributed by atoms with van der Waals surface area (Å²) in [4.78, 5) is 55.2. The van der Waals surface area contributed by atoms with Crippen LogP contribution in [0.4, 0.5) is 0 Å². The van der Waals surface area contributed by atoms with Crippen LogP contribution >= 0.6 is 0 Å². The van der Waals surface area contributed by atoms with Crippen LogP contribution in [0.3, 0.4) is 0 Å². The summed E-state index contributed by atoms with van der Waals surface area (Å²) in [5.41, 5.74) is 0.664. The lowest BCUT2D eigenvalue weighted by atomic mass is 9.34. The lowest BCUT2D eigenvalue weighted by Crippen LogP contribution is -2.70. The Morgan fingerprint density at radius 2 is 1.10 bits per heavy atom. The van der Waals surface area contributed by atoms with Gasteiger partial charge in [-0.1, -0.05) is 73.1 Å². The number of hydrogen-bond donors (Lipinski definition) is 3. The predicted octanol–water partition coefficient (Wildman–Crippen LogP) is 12.0. The first-order valence-electron chi connectivity index (χ1n) is 25.6. The minimum atomic E-state index is -2.39. The summed E-state index contributed by atoms with van der Waals surface area (Å²) in [6.07, 6.45) is 19.3. The van der Waals surface area contributed by atoms with E-state index in [9.17, 15) is 34.5 Å². The van der Waals surface area contributed by atoms with Crippen LogP contribution in [0.1, 0.15) is 188 Å². The number of benzene rings is 1. The number of allylic oxidation sites excluding steroid dienone is 5. The second-order valence-electron chi connectivity index (χ2n) is 26.9. The molecule has 9 aliphatic carbocycles. The van der Waals surface area contributed by atoms with E-state index in [1.54, 1.807) is 13.0 Å². The van der Waals surface area contributed by atoms with Crippen LogP contribution in [0.25, 0.3) is 0 Å². The van der Waals surface area contributed by atoms with E-state index in [0.29, 0.717) is 48.1 Å². The van der Waals surface area contributed by atoms with Crippen LogP contribution in [-0.4, -0.2) is 50.2 Å². The van der Waals surface area contributed by atoms with Gasteiger partial charge in [0, 0.05) is 27.5 Å². The Hall–Kier alpha value is -3.98. The highest BCUT2D eigenvalue weighted by Gasteiger charge is 2.72. The number of rotatable bonds is 2. The molecule has 1 aromatic rings. The van der Waals surface area contributed by atoms with Crippen molar-refractivity contribution >= 4 is 23.5 Å². The number of carbonyl (C=O) groups excluding carboxylic acids is 2. The Morgan fingerprint density at radius 3 is 1.64 bits per heavy atom. The molecule has 6 fully saturated rings. The molecule has 14 atom stereocenters. The summed E-state index contributed by atoms with van der Waals surface area (Å²) in [6.45, 7) is 26.2. The number of aliphatic carboxylic acids is 2. The fraction of sp³-hybridized carbons (Fsp3) is 0.690. The quantitative estimate of drug-likeness (QED) is 0.264. The van der Waals surface area contributed by atoms with Crippen molar-refractivity contribution in [1.29, 1.82) is 0 Å². The Labute approximate surface area is 397 Å². The Balaban J connectivity index is 0.977. The van der Waals surface area contributed by atoms with E-state index in [-0.39, 0.29) is 55.9 Å². The monoisotopic (exact) mass is 915 g/mol. The summed E-state index contributed by atoms with van der Waals surface area (Å²) in [5.74, 6) is -3.46. The molecule has 9 nitrogen and oxygen atoms in total. The second-order valence-corrected chi connectivity index (χ2v) is 26.9. The fourth-order valence-electron chi connectivity index (χ4n) is 18.4. The normalized spacial score (nSPS) is 50.0. The summed E-state index contributed by atoms with van der Waals surface area (Å²) < 4.78 is 13.8. The SMILES string of the molecule is Cc1c2c(cc3c1C(=O)C=C1[C@@]3(C)CC[C@@]3(C)C4C[C@](C)(C(=O)O)CC[C@]4(C)CC[C@]13C)O[C@@]1(O)C(=O)C=C3C(=CC=C4[C@@]3(C)CC[C@@]3(C)C5C[C@](C)(C(=O)O)CC[C@]5(C)CC[C@]43C)[C@@]1(C)O2. The van der Waals surface area contributed by atoms with Crippen LogP contribution in [0, 0.1) is 67.5 Å². The third-order valence-electron chi connectivity index (χ3n) is 23.9. The maximum Gasteiger partial charge on any atom is 0.317 e. The molecule has 1 aromatic carbocycles. The number of carboxylic acids is 2.